The lowest BCUT2D eigenvalue weighted by Gasteiger charge is -2.38. The molecule has 1 aliphatic rings. The molecule has 100 valence electrons. The first-order valence-electron chi connectivity index (χ1n) is 6.50. The predicted molar refractivity (Wildman–Crippen MR) is 72.7 cm³/mol. The number of nitrogens with one attached hydrogen (secondary N) is 1. The van der Waals surface area contributed by atoms with Crippen molar-refractivity contribution in [2.45, 2.75) is 32.2 Å². The lowest BCUT2D eigenvalue weighted by atomic mass is 9.88. The van der Waals surface area contributed by atoms with Crippen LogP contribution in [-0.4, -0.2) is 34.9 Å². The van der Waals surface area contributed by atoms with Gasteiger partial charge in [-0.25, -0.2) is 0 Å². The molecule has 2 heterocycles. The van der Waals surface area contributed by atoms with Crippen LogP contribution < -0.4 is 5.73 Å². The molecule has 5 heteroatoms. The van der Waals surface area contributed by atoms with E-state index < -0.39 is 0 Å². The van der Waals surface area contributed by atoms with Gasteiger partial charge >= 0.3 is 0 Å². The van der Waals surface area contributed by atoms with Gasteiger partial charge in [0.05, 0.1) is 5.02 Å². The largest absolute Gasteiger partial charge is 0.356 e. The van der Waals surface area contributed by atoms with Gasteiger partial charge in [0.15, 0.2) is 0 Å². The van der Waals surface area contributed by atoms with E-state index in [0.717, 1.165) is 25.8 Å². The van der Waals surface area contributed by atoms with Crippen LogP contribution in [0.25, 0.3) is 0 Å². The molecule has 3 N–H and O–H groups in total. The van der Waals surface area contributed by atoms with Crippen LogP contribution >= 0.6 is 11.6 Å². The molecule has 1 fully saturated rings. The van der Waals surface area contributed by atoms with Crippen molar-refractivity contribution in [1.82, 2.24) is 9.88 Å². The monoisotopic (exact) mass is 269 g/mol. The highest BCUT2D eigenvalue weighted by atomic mass is 35.5. The van der Waals surface area contributed by atoms with Crippen LogP contribution in [-0.2, 0) is 0 Å². The second kappa shape index (κ2) is 5.76. The molecule has 1 aromatic rings. The molecule has 2 unspecified atom stereocenters. The average Bonchev–Trinajstić information content (AvgIpc) is 2.83. The standard InChI is InChI=1S/C13H20ClN3O/c1-2-9-3-4-17(11(5-9)7-15)13(18)12-6-10(14)8-16-12/h6,8-9,11,16H,2-5,7,15H2,1H3. The molecule has 0 aromatic carbocycles. The fraction of sp³-hybridized carbons (Fsp3) is 0.615. The predicted octanol–water partition coefficient (Wildman–Crippen LogP) is 2.26. The smallest absolute Gasteiger partial charge is 0.270 e. The number of nitrogens with two attached hydrogens (primary N) is 1. The number of rotatable bonds is 3. The highest BCUT2D eigenvalue weighted by Gasteiger charge is 2.30. The van der Waals surface area contributed by atoms with Crippen LogP contribution in [0.3, 0.4) is 0 Å². The molecule has 1 aromatic heterocycles. The van der Waals surface area contributed by atoms with Crippen molar-refractivity contribution in [3.63, 3.8) is 0 Å². The van der Waals surface area contributed by atoms with E-state index in [1.165, 1.54) is 0 Å². The number of hydrogen-bond acceptors (Lipinski definition) is 2. The maximum Gasteiger partial charge on any atom is 0.270 e. The van der Waals surface area contributed by atoms with Crippen molar-refractivity contribution in [1.29, 1.82) is 0 Å². The summed E-state index contributed by atoms with van der Waals surface area (Å²) in [4.78, 5) is 17.1. The van der Waals surface area contributed by atoms with Gasteiger partial charge in [-0.15, -0.1) is 0 Å². The Balaban J connectivity index is 2.10. The highest BCUT2D eigenvalue weighted by molar-refractivity contribution is 6.30. The van der Waals surface area contributed by atoms with E-state index in [2.05, 4.69) is 11.9 Å². The molecule has 0 saturated carbocycles. The first-order chi connectivity index (χ1) is 8.65. The van der Waals surface area contributed by atoms with E-state index >= 15 is 0 Å². The molecule has 1 saturated heterocycles. The van der Waals surface area contributed by atoms with Gasteiger partial charge in [0.1, 0.15) is 5.69 Å². The van der Waals surface area contributed by atoms with Gasteiger partial charge in [0.25, 0.3) is 5.91 Å². The molecular weight excluding hydrogens is 250 g/mol. The van der Waals surface area contributed by atoms with E-state index in [4.69, 9.17) is 17.3 Å². The number of nitrogens with zero attached hydrogens (tertiary/aromatic N) is 1. The molecule has 1 amide bonds. The molecule has 1 aliphatic heterocycles. The van der Waals surface area contributed by atoms with E-state index in [9.17, 15) is 4.79 Å². The third kappa shape index (κ3) is 2.70. The Morgan fingerprint density at radius 2 is 2.44 bits per heavy atom. The zero-order valence-corrected chi connectivity index (χ0v) is 11.4. The number of aromatic amines is 1. The quantitative estimate of drug-likeness (QED) is 0.884. The van der Waals surface area contributed by atoms with Gasteiger partial charge in [-0.1, -0.05) is 24.9 Å². The minimum atomic E-state index is 0.00639. The van der Waals surface area contributed by atoms with Crippen LogP contribution in [0.2, 0.25) is 5.02 Å². The summed E-state index contributed by atoms with van der Waals surface area (Å²) in [6, 6.07) is 1.82. The topological polar surface area (TPSA) is 62.1 Å². The zero-order valence-electron chi connectivity index (χ0n) is 10.7. The van der Waals surface area contributed by atoms with E-state index in [1.54, 1.807) is 12.3 Å². The van der Waals surface area contributed by atoms with Gasteiger partial charge in [0.2, 0.25) is 0 Å². The number of carbonyl (C=O) groups is 1. The van der Waals surface area contributed by atoms with Crippen molar-refractivity contribution in [2.24, 2.45) is 11.7 Å². The lowest BCUT2D eigenvalue weighted by molar-refractivity contribution is 0.0553. The molecule has 0 aliphatic carbocycles. The summed E-state index contributed by atoms with van der Waals surface area (Å²) in [5, 5.41) is 0.561. The molecule has 0 bridgehead atoms. The van der Waals surface area contributed by atoms with Gasteiger partial charge in [-0.3, -0.25) is 4.79 Å². The van der Waals surface area contributed by atoms with Crippen LogP contribution in [0.1, 0.15) is 36.7 Å². The van der Waals surface area contributed by atoms with Crippen LogP contribution in [0.4, 0.5) is 0 Å². The van der Waals surface area contributed by atoms with Gasteiger partial charge in [-0.05, 0) is 24.8 Å². The summed E-state index contributed by atoms with van der Waals surface area (Å²) in [6.07, 6.45) is 4.86. The molecular formula is C13H20ClN3O. The Bertz CT molecular complexity index is 418. The first-order valence-corrected chi connectivity index (χ1v) is 6.88. The number of carbonyl (C=O) groups excluding carboxylic acids is 1. The summed E-state index contributed by atoms with van der Waals surface area (Å²) >= 11 is 5.83. The third-order valence-electron chi connectivity index (χ3n) is 3.81. The summed E-state index contributed by atoms with van der Waals surface area (Å²) in [5.41, 5.74) is 6.35. The van der Waals surface area contributed by atoms with E-state index in [1.807, 2.05) is 4.90 Å². The van der Waals surface area contributed by atoms with Crippen molar-refractivity contribution < 1.29 is 4.79 Å². The highest BCUT2D eigenvalue weighted by Crippen LogP contribution is 2.26. The zero-order chi connectivity index (χ0) is 13.1. The molecule has 4 nitrogen and oxygen atoms in total. The van der Waals surface area contributed by atoms with Crippen LogP contribution in [0.15, 0.2) is 12.3 Å². The maximum absolute atomic E-state index is 12.4. The van der Waals surface area contributed by atoms with Crippen molar-refractivity contribution in [3.05, 3.63) is 23.0 Å². The molecule has 2 rings (SSSR count). The lowest BCUT2D eigenvalue weighted by Crippen LogP contribution is -2.49. The molecule has 0 spiro atoms. The molecule has 18 heavy (non-hydrogen) atoms. The maximum atomic E-state index is 12.4. The number of piperidine rings is 1. The molecule has 2 atom stereocenters. The van der Waals surface area contributed by atoms with Gasteiger partial charge < -0.3 is 15.6 Å². The van der Waals surface area contributed by atoms with Crippen molar-refractivity contribution in [3.8, 4) is 0 Å². The Morgan fingerprint density at radius 3 is 3.00 bits per heavy atom. The molecule has 0 radical (unpaired) electrons. The summed E-state index contributed by atoms with van der Waals surface area (Å²) in [6.45, 7) is 3.51. The Hall–Kier alpha value is -1.00. The Morgan fingerprint density at radius 1 is 1.67 bits per heavy atom. The summed E-state index contributed by atoms with van der Waals surface area (Å²) in [5.74, 6) is 0.696. The minimum absolute atomic E-state index is 0.00639. The number of halogens is 1. The van der Waals surface area contributed by atoms with Crippen LogP contribution in [0.5, 0.6) is 0 Å². The number of H-pyrrole nitrogens is 1. The van der Waals surface area contributed by atoms with E-state index in [0.29, 0.717) is 23.2 Å². The Labute approximate surface area is 112 Å². The fourth-order valence-corrected chi connectivity index (χ4v) is 2.81. The van der Waals surface area contributed by atoms with E-state index in [-0.39, 0.29) is 11.9 Å². The number of aromatic nitrogens is 1. The second-order valence-electron chi connectivity index (χ2n) is 4.92. The number of hydrogen-bond donors (Lipinski definition) is 2. The third-order valence-corrected chi connectivity index (χ3v) is 4.03. The minimum Gasteiger partial charge on any atom is -0.356 e. The normalized spacial score (nSPS) is 24.3. The second-order valence-corrected chi connectivity index (χ2v) is 5.35. The number of likely N-dealkylation sites (tertiary alicyclic amines) is 1. The first kappa shape index (κ1) is 13.4. The fourth-order valence-electron chi connectivity index (χ4n) is 2.64. The van der Waals surface area contributed by atoms with Crippen LogP contribution in [0, 0.1) is 5.92 Å². The summed E-state index contributed by atoms with van der Waals surface area (Å²) < 4.78 is 0. The van der Waals surface area contributed by atoms with Crippen molar-refractivity contribution in [2.75, 3.05) is 13.1 Å². The van der Waals surface area contributed by atoms with Gasteiger partial charge in [-0.2, -0.15) is 0 Å². The average molecular weight is 270 g/mol. The number of amides is 1. The summed E-state index contributed by atoms with van der Waals surface area (Å²) in [7, 11) is 0. The SMILES string of the molecule is CCC1CCN(C(=O)c2cc(Cl)c[nH]2)C(CN)C1. The van der Waals surface area contributed by atoms with Gasteiger partial charge in [0, 0.05) is 25.3 Å². The Kier molecular flexibility index (Phi) is 4.30. The van der Waals surface area contributed by atoms with Crippen molar-refractivity contribution >= 4 is 17.5 Å².